The Kier molecular flexibility index (Phi) is 3.55. The van der Waals surface area contributed by atoms with E-state index in [1.807, 2.05) is 0 Å². The fraction of sp³-hybridized carbons (Fsp3) is 0.167. The minimum Gasteiger partial charge on any atom is -0.329 e. The van der Waals surface area contributed by atoms with Crippen molar-refractivity contribution >= 4 is 22.6 Å². The molecule has 0 bridgehead atoms. The van der Waals surface area contributed by atoms with Gasteiger partial charge in [-0.2, -0.15) is 13.2 Å². The number of para-hydroxylation sites is 1. The van der Waals surface area contributed by atoms with Gasteiger partial charge in [0.05, 0.1) is 11.2 Å². The fourth-order valence-corrected chi connectivity index (χ4v) is 1.55. The first-order valence-electron chi connectivity index (χ1n) is 5.41. The van der Waals surface area contributed by atoms with Crippen LogP contribution in [0, 0.1) is 0 Å². The van der Waals surface area contributed by atoms with Crippen molar-refractivity contribution in [2.24, 2.45) is 0 Å². The molecule has 2 aromatic rings. The van der Waals surface area contributed by atoms with Gasteiger partial charge >= 0.3 is 12.2 Å². The van der Waals surface area contributed by atoms with Crippen LogP contribution in [0.1, 0.15) is 0 Å². The van der Waals surface area contributed by atoms with Crippen LogP contribution in [-0.2, 0) is 0 Å². The molecule has 0 aliphatic heterocycles. The second kappa shape index (κ2) is 5.13. The molecule has 100 valence electrons. The highest BCUT2D eigenvalue weighted by Gasteiger charge is 2.27. The average Bonchev–Trinajstić information content (AvgIpc) is 2.36. The van der Waals surface area contributed by atoms with Gasteiger partial charge < -0.3 is 10.6 Å². The molecular weight excluding hydrogens is 259 g/mol. The smallest absolute Gasteiger partial charge is 0.329 e. The van der Waals surface area contributed by atoms with Gasteiger partial charge in [0.25, 0.3) is 0 Å². The molecule has 0 fully saturated rings. The molecule has 4 nitrogen and oxygen atoms in total. The van der Waals surface area contributed by atoms with E-state index in [4.69, 9.17) is 0 Å². The quantitative estimate of drug-likeness (QED) is 0.880. The van der Waals surface area contributed by atoms with Gasteiger partial charge in [-0.3, -0.25) is 4.98 Å². The molecule has 0 aliphatic rings. The molecule has 0 spiro atoms. The second-order valence-electron chi connectivity index (χ2n) is 3.80. The van der Waals surface area contributed by atoms with Crippen molar-refractivity contribution in [3.05, 3.63) is 36.5 Å². The maximum atomic E-state index is 12.0. The van der Waals surface area contributed by atoms with Crippen LogP contribution in [0.5, 0.6) is 0 Å². The molecule has 2 amide bonds. The SMILES string of the molecule is O=C(NCC(F)(F)F)Nc1cccc2cccnc12. The predicted molar refractivity (Wildman–Crippen MR) is 64.8 cm³/mol. The van der Waals surface area contributed by atoms with Crippen molar-refractivity contribution in [3.8, 4) is 0 Å². The molecule has 1 aromatic heterocycles. The number of rotatable bonds is 2. The summed E-state index contributed by atoms with van der Waals surface area (Å²) < 4.78 is 35.9. The number of benzene rings is 1. The van der Waals surface area contributed by atoms with Crippen molar-refractivity contribution in [2.45, 2.75) is 6.18 Å². The maximum absolute atomic E-state index is 12.0. The number of halogens is 3. The summed E-state index contributed by atoms with van der Waals surface area (Å²) in [6.45, 7) is -1.38. The van der Waals surface area contributed by atoms with Crippen LogP contribution >= 0.6 is 0 Å². The topological polar surface area (TPSA) is 54.0 Å². The third-order valence-electron chi connectivity index (χ3n) is 2.33. The van der Waals surface area contributed by atoms with E-state index in [1.165, 1.54) is 0 Å². The summed E-state index contributed by atoms with van der Waals surface area (Å²) in [7, 11) is 0. The highest BCUT2D eigenvalue weighted by molar-refractivity contribution is 5.99. The van der Waals surface area contributed by atoms with Crippen LogP contribution in [0.15, 0.2) is 36.5 Å². The molecular formula is C12H10F3N3O. The van der Waals surface area contributed by atoms with Crippen molar-refractivity contribution in [2.75, 3.05) is 11.9 Å². The summed E-state index contributed by atoms with van der Waals surface area (Å²) in [4.78, 5) is 15.4. The van der Waals surface area contributed by atoms with Crippen molar-refractivity contribution < 1.29 is 18.0 Å². The number of amides is 2. The molecule has 0 radical (unpaired) electrons. The van der Waals surface area contributed by atoms with Crippen LogP contribution in [0.2, 0.25) is 0 Å². The number of hydrogen-bond donors (Lipinski definition) is 2. The zero-order valence-electron chi connectivity index (χ0n) is 9.66. The zero-order chi connectivity index (χ0) is 13.9. The molecule has 0 atom stereocenters. The summed E-state index contributed by atoms with van der Waals surface area (Å²) in [5.74, 6) is 0. The Bertz CT molecular complexity index is 593. The highest BCUT2D eigenvalue weighted by atomic mass is 19.4. The number of alkyl halides is 3. The summed E-state index contributed by atoms with van der Waals surface area (Å²) in [5, 5.41) is 4.87. The summed E-state index contributed by atoms with van der Waals surface area (Å²) >= 11 is 0. The Labute approximate surface area is 106 Å². The van der Waals surface area contributed by atoms with Crippen molar-refractivity contribution in [1.82, 2.24) is 10.3 Å². The Morgan fingerprint density at radius 1 is 1.21 bits per heavy atom. The van der Waals surface area contributed by atoms with Crippen LogP contribution in [0.4, 0.5) is 23.7 Å². The number of anilines is 1. The Balaban J connectivity index is 2.11. The van der Waals surface area contributed by atoms with Gasteiger partial charge in [-0.15, -0.1) is 0 Å². The zero-order valence-corrected chi connectivity index (χ0v) is 9.66. The minimum atomic E-state index is -4.44. The molecule has 0 aliphatic carbocycles. The molecule has 1 aromatic carbocycles. The first kappa shape index (κ1) is 13.1. The van der Waals surface area contributed by atoms with E-state index < -0.39 is 18.8 Å². The summed E-state index contributed by atoms with van der Waals surface area (Å²) in [6, 6.07) is 7.65. The van der Waals surface area contributed by atoms with Crippen LogP contribution in [0.3, 0.4) is 0 Å². The molecule has 0 unspecified atom stereocenters. The number of aromatic nitrogens is 1. The predicted octanol–water partition coefficient (Wildman–Crippen LogP) is 2.92. The standard InChI is InChI=1S/C12H10F3N3O/c13-12(14,15)7-17-11(19)18-9-5-1-3-8-4-2-6-16-10(8)9/h1-6H,7H2,(H2,17,18,19). The Morgan fingerprint density at radius 2 is 1.95 bits per heavy atom. The fourth-order valence-electron chi connectivity index (χ4n) is 1.55. The van der Waals surface area contributed by atoms with Gasteiger partial charge in [-0.05, 0) is 12.1 Å². The molecule has 0 saturated heterocycles. The van der Waals surface area contributed by atoms with Gasteiger partial charge in [0, 0.05) is 11.6 Å². The van der Waals surface area contributed by atoms with Gasteiger partial charge in [-0.1, -0.05) is 18.2 Å². The lowest BCUT2D eigenvalue weighted by molar-refractivity contribution is -0.122. The normalized spacial score (nSPS) is 11.3. The van der Waals surface area contributed by atoms with Gasteiger partial charge in [0.1, 0.15) is 6.54 Å². The van der Waals surface area contributed by atoms with E-state index in [0.717, 1.165) is 5.39 Å². The number of carbonyl (C=O) groups is 1. The Morgan fingerprint density at radius 3 is 2.68 bits per heavy atom. The van der Waals surface area contributed by atoms with Crippen molar-refractivity contribution in [3.63, 3.8) is 0 Å². The van der Waals surface area contributed by atoms with E-state index >= 15 is 0 Å². The number of urea groups is 1. The second-order valence-corrected chi connectivity index (χ2v) is 3.80. The van der Waals surface area contributed by atoms with Gasteiger partial charge in [0.2, 0.25) is 0 Å². The van der Waals surface area contributed by atoms with Crippen LogP contribution in [-0.4, -0.2) is 23.7 Å². The third kappa shape index (κ3) is 3.57. The van der Waals surface area contributed by atoms with E-state index in [9.17, 15) is 18.0 Å². The minimum absolute atomic E-state index is 0.359. The molecule has 7 heteroatoms. The number of pyridine rings is 1. The van der Waals surface area contributed by atoms with Crippen LogP contribution < -0.4 is 10.6 Å². The summed E-state index contributed by atoms with van der Waals surface area (Å²) in [5.41, 5.74) is 0.880. The number of carbonyl (C=O) groups excluding carboxylic acids is 1. The average molecular weight is 269 g/mol. The van der Waals surface area contributed by atoms with Gasteiger partial charge in [-0.25, -0.2) is 4.79 Å². The highest BCUT2D eigenvalue weighted by Crippen LogP contribution is 2.20. The first-order valence-corrected chi connectivity index (χ1v) is 5.41. The number of fused-ring (bicyclic) bond motifs is 1. The molecule has 1 heterocycles. The van der Waals surface area contributed by atoms with Crippen LogP contribution in [0.25, 0.3) is 10.9 Å². The molecule has 2 rings (SSSR count). The van der Waals surface area contributed by atoms with E-state index in [2.05, 4.69) is 10.3 Å². The van der Waals surface area contributed by atoms with E-state index in [1.54, 1.807) is 41.8 Å². The molecule has 0 saturated carbocycles. The lowest BCUT2D eigenvalue weighted by Crippen LogP contribution is -2.36. The molecule has 2 N–H and O–H groups in total. The van der Waals surface area contributed by atoms with Gasteiger partial charge in [0.15, 0.2) is 0 Å². The van der Waals surface area contributed by atoms with E-state index in [0.29, 0.717) is 11.2 Å². The molecule has 19 heavy (non-hydrogen) atoms. The Hall–Kier alpha value is -2.31. The number of nitrogens with one attached hydrogen (secondary N) is 2. The maximum Gasteiger partial charge on any atom is 0.405 e. The lowest BCUT2D eigenvalue weighted by Gasteiger charge is -2.10. The summed E-state index contributed by atoms with van der Waals surface area (Å²) in [6.07, 6.45) is -2.89. The first-order chi connectivity index (χ1) is 8.96. The lowest BCUT2D eigenvalue weighted by atomic mass is 10.2. The number of hydrogen-bond acceptors (Lipinski definition) is 2. The van der Waals surface area contributed by atoms with E-state index in [-0.39, 0.29) is 0 Å². The largest absolute Gasteiger partial charge is 0.405 e. The third-order valence-corrected chi connectivity index (χ3v) is 2.33. The van der Waals surface area contributed by atoms with Crippen molar-refractivity contribution in [1.29, 1.82) is 0 Å². The monoisotopic (exact) mass is 269 g/mol. The number of nitrogens with zero attached hydrogens (tertiary/aromatic N) is 1.